The molecule has 0 aliphatic rings. The van der Waals surface area contributed by atoms with Gasteiger partial charge in [-0.3, -0.25) is 9.35 Å². The molecule has 0 rings (SSSR count). The van der Waals surface area contributed by atoms with Gasteiger partial charge in [-0.05, 0) is 44.9 Å². The van der Waals surface area contributed by atoms with Gasteiger partial charge in [-0.1, -0.05) is 179 Å². The number of amides is 1. The van der Waals surface area contributed by atoms with E-state index in [0.29, 0.717) is 6.42 Å². The Balaban J connectivity index is 4.01. The van der Waals surface area contributed by atoms with Crippen molar-refractivity contribution in [3.8, 4) is 0 Å². The third-order valence-corrected chi connectivity index (χ3v) is 9.58. The van der Waals surface area contributed by atoms with Gasteiger partial charge in [0.2, 0.25) is 5.91 Å². The first-order valence-corrected chi connectivity index (χ1v) is 21.3. The quantitative estimate of drug-likeness (QED) is 0.0351. The van der Waals surface area contributed by atoms with Crippen LogP contribution in [0.2, 0.25) is 0 Å². The molecule has 2 unspecified atom stereocenters. The molecule has 6 nitrogen and oxygen atoms in total. The highest BCUT2D eigenvalue weighted by Gasteiger charge is 2.24. The number of unbranched alkanes of at least 4 members (excludes halogenated alkanes) is 23. The molecule has 0 heterocycles. The van der Waals surface area contributed by atoms with Crippen molar-refractivity contribution >= 4 is 16.0 Å². The molecule has 0 aliphatic heterocycles. The van der Waals surface area contributed by atoms with Crippen LogP contribution in [-0.2, 0) is 14.9 Å². The number of aliphatic hydroxyl groups is 1. The van der Waals surface area contributed by atoms with Gasteiger partial charge < -0.3 is 10.4 Å². The van der Waals surface area contributed by atoms with Crippen LogP contribution in [0.3, 0.4) is 0 Å². The number of hydrogen-bond donors (Lipinski definition) is 3. The summed E-state index contributed by atoms with van der Waals surface area (Å²) in [6, 6.07) is -1.08. The second kappa shape index (κ2) is 34.4. The minimum Gasteiger partial charge on any atom is -0.387 e. The van der Waals surface area contributed by atoms with Gasteiger partial charge in [-0.25, -0.2) is 0 Å². The molecular weight excluding hydrogens is 607 g/mol. The Morgan fingerprint density at radius 2 is 0.915 bits per heavy atom. The zero-order chi connectivity index (χ0) is 34.7. The van der Waals surface area contributed by atoms with Crippen LogP contribution in [0.25, 0.3) is 0 Å². The van der Waals surface area contributed by atoms with Crippen LogP contribution in [0.5, 0.6) is 0 Å². The fourth-order valence-corrected chi connectivity index (χ4v) is 6.57. The zero-order valence-electron chi connectivity index (χ0n) is 30.7. The van der Waals surface area contributed by atoms with E-state index in [1.54, 1.807) is 6.08 Å². The van der Waals surface area contributed by atoms with E-state index in [2.05, 4.69) is 43.5 Å². The van der Waals surface area contributed by atoms with Gasteiger partial charge in [-0.2, -0.15) is 8.42 Å². The van der Waals surface area contributed by atoms with Crippen LogP contribution in [0.1, 0.15) is 194 Å². The molecule has 0 aliphatic carbocycles. The van der Waals surface area contributed by atoms with Gasteiger partial charge in [0.1, 0.15) is 0 Å². The first-order chi connectivity index (χ1) is 22.8. The Labute approximate surface area is 291 Å². The topological polar surface area (TPSA) is 104 Å². The summed E-state index contributed by atoms with van der Waals surface area (Å²) < 4.78 is 32.4. The second-order valence-electron chi connectivity index (χ2n) is 13.5. The molecule has 276 valence electrons. The molecule has 0 aromatic carbocycles. The van der Waals surface area contributed by atoms with E-state index < -0.39 is 28.0 Å². The van der Waals surface area contributed by atoms with Crippen LogP contribution >= 0.6 is 0 Å². The number of nitrogens with one attached hydrogen (secondary N) is 1. The van der Waals surface area contributed by atoms with E-state index in [9.17, 15) is 22.9 Å². The van der Waals surface area contributed by atoms with Crippen molar-refractivity contribution < 1.29 is 22.9 Å². The number of allylic oxidation sites excluding steroid dienone is 5. The van der Waals surface area contributed by atoms with Gasteiger partial charge >= 0.3 is 0 Å². The summed E-state index contributed by atoms with van der Waals surface area (Å²) in [5.74, 6) is -1.00. The molecule has 7 heteroatoms. The molecule has 0 saturated heterocycles. The number of carbonyl (C=O) groups is 1. The summed E-state index contributed by atoms with van der Waals surface area (Å²) in [7, 11) is -4.35. The molecule has 0 aromatic rings. The van der Waals surface area contributed by atoms with Crippen molar-refractivity contribution in [2.75, 3.05) is 5.75 Å². The number of rotatable bonds is 35. The first kappa shape index (κ1) is 45.6. The summed E-state index contributed by atoms with van der Waals surface area (Å²) in [5.41, 5.74) is 0. The monoisotopic (exact) mass is 682 g/mol. The average molecular weight is 682 g/mol. The lowest BCUT2D eigenvalue weighted by Crippen LogP contribution is -2.46. The summed E-state index contributed by atoms with van der Waals surface area (Å²) in [6.45, 7) is 4.51. The maximum atomic E-state index is 12.5. The highest BCUT2D eigenvalue weighted by atomic mass is 32.2. The van der Waals surface area contributed by atoms with Crippen LogP contribution in [0.15, 0.2) is 36.5 Å². The first-order valence-electron chi connectivity index (χ1n) is 19.7. The van der Waals surface area contributed by atoms with E-state index in [0.717, 1.165) is 38.5 Å². The normalized spacial score (nSPS) is 13.7. The molecule has 2 atom stereocenters. The van der Waals surface area contributed by atoms with Crippen LogP contribution in [0, 0.1) is 0 Å². The molecule has 0 saturated carbocycles. The minimum atomic E-state index is -4.35. The summed E-state index contributed by atoms with van der Waals surface area (Å²) >= 11 is 0. The second-order valence-corrected chi connectivity index (χ2v) is 15.0. The van der Waals surface area contributed by atoms with E-state index in [1.807, 2.05) is 0 Å². The Hall–Kier alpha value is -1.44. The van der Waals surface area contributed by atoms with Crippen molar-refractivity contribution in [2.45, 2.75) is 206 Å². The minimum absolute atomic E-state index is 0.288. The molecule has 0 bridgehead atoms. The Morgan fingerprint density at radius 3 is 1.34 bits per heavy atom. The third kappa shape index (κ3) is 35.7. The van der Waals surface area contributed by atoms with E-state index in [4.69, 9.17) is 0 Å². The van der Waals surface area contributed by atoms with Crippen molar-refractivity contribution in [2.24, 2.45) is 0 Å². The van der Waals surface area contributed by atoms with Crippen molar-refractivity contribution in [1.82, 2.24) is 5.32 Å². The van der Waals surface area contributed by atoms with Crippen molar-refractivity contribution in [1.29, 1.82) is 0 Å². The Morgan fingerprint density at radius 1 is 0.553 bits per heavy atom. The highest BCUT2D eigenvalue weighted by Crippen LogP contribution is 2.14. The smallest absolute Gasteiger partial charge is 0.267 e. The maximum absolute atomic E-state index is 12.5. The fraction of sp³-hybridized carbons (Fsp3) is 0.825. The third-order valence-electron chi connectivity index (χ3n) is 8.80. The molecule has 47 heavy (non-hydrogen) atoms. The van der Waals surface area contributed by atoms with Crippen molar-refractivity contribution in [3.05, 3.63) is 36.5 Å². The molecule has 0 fully saturated rings. The lowest BCUT2D eigenvalue weighted by Gasteiger charge is -2.21. The van der Waals surface area contributed by atoms with Crippen LogP contribution in [0.4, 0.5) is 0 Å². The number of hydrogen-bond acceptors (Lipinski definition) is 4. The van der Waals surface area contributed by atoms with Gasteiger partial charge in [0.25, 0.3) is 10.1 Å². The fourth-order valence-electron chi connectivity index (χ4n) is 5.83. The van der Waals surface area contributed by atoms with E-state index >= 15 is 0 Å². The van der Waals surface area contributed by atoms with E-state index in [-0.39, 0.29) is 12.3 Å². The van der Waals surface area contributed by atoms with E-state index in [1.165, 1.54) is 134 Å². The molecule has 0 aromatic heterocycles. The summed E-state index contributed by atoms with van der Waals surface area (Å²) in [6.07, 6.45) is 44.1. The summed E-state index contributed by atoms with van der Waals surface area (Å²) in [5, 5.41) is 13.2. The number of aliphatic hydroxyl groups excluding tert-OH is 1. The highest BCUT2D eigenvalue weighted by molar-refractivity contribution is 7.85. The Bertz CT molecular complexity index is 883. The standard InChI is InChI=1S/C40H75NO5S/c1-3-5-7-9-11-13-15-17-19-21-23-25-27-29-31-33-35-39(42)38(37-47(44,45)46)41-40(43)36-34-32-30-28-26-24-22-20-18-16-14-12-10-8-6-4-2/h17,19,25,27,33,35,38-39,42H,3-16,18,20-24,26,28-32,34,36-37H2,1-2H3,(H,41,43)(H,44,45,46)/b19-17+,27-25+,35-33+. The van der Waals surface area contributed by atoms with Crippen molar-refractivity contribution in [3.63, 3.8) is 0 Å². The Kier molecular flexibility index (Phi) is 33.4. The van der Waals surface area contributed by atoms with Gasteiger partial charge in [0.15, 0.2) is 0 Å². The maximum Gasteiger partial charge on any atom is 0.267 e. The largest absolute Gasteiger partial charge is 0.387 e. The van der Waals surface area contributed by atoms with Gasteiger partial charge in [0.05, 0.1) is 17.9 Å². The van der Waals surface area contributed by atoms with Gasteiger partial charge in [0, 0.05) is 6.42 Å². The molecule has 0 radical (unpaired) electrons. The predicted octanol–water partition coefficient (Wildman–Crippen LogP) is 11.4. The van der Waals surface area contributed by atoms with Crippen LogP contribution in [-0.4, -0.2) is 41.9 Å². The average Bonchev–Trinajstić information content (AvgIpc) is 3.03. The number of carbonyl (C=O) groups excluding carboxylic acids is 1. The van der Waals surface area contributed by atoms with Gasteiger partial charge in [-0.15, -0.1) is 0 Å². The van der Waals surface area contributed by atoms with Crippen LogP contribution < -0.4 is 5.32 Å². The molecule has 1 amide bonds. The lowest BCUT2D eigenvalue weighted by molar-refractivity contribution is -0.122. The lowest BCUT2D eigenvalue weighted by atomic mass is 10.0. The molecule has 3 N–H and O–H groups in total. The summed E-state index contributed by atoms with van der Waals surface area (Å²) in [4.78, 5) is 12.5. The molecular formula is C40H75NO5S. The predicted molar refractivity (Wildman–Crippen MR) is 202 cm³/mol. The zero-order valence-corrected chi connectivity index (χ0v) is 31.5. The SMILES string of the molecule is CCCCCCCC/C=C/CC/C=C/CC/C=C/C(O)C(CS(=O)(=O)O)NC(=O)CCCCCCCCCCCCCCCCCC. The molecule has 0 spiro atoms.